The van der Waals surface area contributed by atoms with Gasteiger partial charge in [-0.2, -0.15) is 5.10 Å². The van der Waals surface area contributed by atoms with Crippen molar-refractivity contribution in [1.82, 2.24) is 15.2 Å². The molecular weight excluding hydrogens is 396 g/mol. The molecule has 0 atom stereocenters. The summed E-state index contributed by atoms with van der Waals surface area (Å²) in [6.07, 6.45) is 1.06. The van der Waals surface area contributed by atoms with E-state index in [1.807, 2.05) is 49.4 Å². The first-order valence-corrected chi connectivity index (χ1v) is 8.96. The zero-order chi connectivity index (χ0) is 18.5. The number of anilines is 1. The molecule has 7 heteroatoms. The van der Waals surface area contributed by atoms with Gasteiger partial charge in [0.15, 0.2) is 5.82 Å². The van der Waals surface area contributed by atoms with Crippen LogP contribution in [0.2, 0.25) is 0 Å². The van der Waals surface area contributed by atoms with Gasteiger partial charge in [0.1, 0.15) is 11.6 Å². The number of rotatable bonds is 6. The van der Waals surface area contributed by atoms with Gasteiger partial charge in [-0.05, 0) is 71.2 Å². The molecule has 2 aromatic carbocycles. The molecule has 0 radical (unpaired) electrons. The number of aryl methyl sites for hydroxylation is 2. The van der Waals surface area contributed by atoms with E-state index < -0.39 is 0 Å². The van der Waals surface area contributed by atoms with Crippen LogP contribution in [0.5, 0.6) is 5.75 Å². The fraction of sp³-hybridized carbons (Fsp3) is 0.211. The number of H-pyrrole nitrogens is 1. The fourth-order valence-electron chi connectivity index (χ4n) is 2.52. The van der Waals surface area contributed by atoms with Crippen LogP contribution in [0.1, 0.15) is 17.8 Å². The molecule has 6 nitrogen and oxygen atoms in total. The van der Waals surface area contributed by atoms with E-state index in [2.05, 4.69) is 36.4 Å². The smallest absolute Gasteiger partial charge is 0.224 e. The highest BCUT2D eigenvalue weighted by molar-refractivity contribution is 9.10. The molecule has 0 bridgehead atoms. The Kier molecular flexibility index (Phi) is 5.68. The van der Waals surface area contributed by atoms with Crippen LogP contribution in [0.4, 0.5) is 5.69 Å². The Morgan fingerprint density at radius 2 is 2.00 bits per heavy atom. The van der Waals surface area contributed by atoms with Crippen LogP contribution in [0, 0.1) is 6.92 Å². The van der Waals surface area contributed by atoms with Gasteiger partial charge in [-0.15, -0.1) is 0 Å². The predicted octanol–water partition coefficient (Wildman–Crippen LogP) is 4.12. The molecule has 0 saturated heterocycles. The van der Waals surface area contributed by atoms with Crippen LogP contribution >= 0.6 is 15.9 Å². The summed E-state index contributed by atoms with van der Waals surface area (Å²) in [5.74, 6) is 2.16. The first-order chi connectivity index (χ1) is 12.5. The highest BCUT2D eigenvalue weighted by Gasteiger charge is 2.07. The highest BCUT2D eigenvalue weighted by Crippen LogP contribution is 2.26. The molecule has 3 rings (SSSR count). The summed E-state index contributed by atoms with van der Waals surface area (Å²) >= 11 is 3.46. The molecule has 0 unspecified atom stereocenters. The maximum absolute atomic E-state index is 12.2. The summed E-state index contributed by atoms with van der Waals surface area (Å²) in [5, 5.41) is 9.85. The second-order valence-corrected chi connectivity index (χ2v) is 6.69. The number of hydrogen-bond donors (Lipinski definition) is 2. The van der Waals surface area contributed by atoms with Crippen LogP contribution < -0.4 is 10.1 Å². The number of benzene rings is 2. The number of hydrogen-bond acceptors (Lipinski definition) is 4. The number of nitrogens with zero attached hydrogens (tertiary/aromatic N) is 2. The molecule has 0 fully saturated rings. The number of carbonyl (C=O) groups excluding carboxylic acids is 1. The number of methoxy groups -OCH3 is 1. The minimum Gasteiger partial charge on any atom is -0.496 e. The van der Waals surface area contributed by atoms with Gasteiger partial charge in [-0.1, -0.05) is 6.07 Å². The van der Waals surface area contributed by atoms with Crippen LogP contribution in [-0.2, 0) is 11.2 Å². The van der Waals surface area contributed by atoms with Crippen molar-refractivity contribution < 1.29 is 9.53 Å². The van der Waals surface area contributed by atoms with E-state index >= 15 is 0 Å². The lowest BCUT2D eigenvalue weighted by Gasteiger charge is -2.08. The predicted molar refractivity (Wildman–Crippen MR) is 104 cm³/mol. The van der Waals surface area contributed by atoms with E-state index in [4.69, 9.17) is 4.74 Å². The minimum absolute atomic E-state index is 0.0292. The largest absolute Gasteiger partial charge is 0.496 e. The third-order valence-electron chi connectivity index (χ3n) is 3.88. The normalized spacial score (nSPS) is 10.6. The van der Waals surface area contributed by atoms with Gasteiger partial charge >= 0.3 is 0 Å². The zero-order valence-electron chi connectivity index (χ0n) is 14.5. The van der Waals surface area contributed by atoms with Gasteiger partial charge in [0.25, 0.3) is 0 Å². The molecule has 26 heavy (non-hydrogen) atoms. The van der Waals surface area contributed by atoms with E-state index in [0.29, 0.717) is 18.7 Å². The fourth-order valence-corrected chi connectivity index (χ4v) is 3.11. The topological polar surface area (TPSA) is 79.9 Å². The number of ether oxygens (including phenoxy) is 1. The lowest BCUT2D eigenvalue weighted by molar-refractivity contribution is -0.116. The van der Waals surface area contributed by atoms with Crippen molar-refractivity contribution in [3.8, 4) is 17.1 Å². The van der Waals surface area contributed by atoms with Gasteiger partial charge in [0.05, 0.1) is 11.6 Å². The van der Waals surface area contributed by atoms with E-state index in [1.165, 1.54) is 0 Å². The molecular formula is C19H19BrN4O2. The monoisotopic (exact) mass is 414 g/mol. The molecule has 0 aliphatic rings. The molecule has 0 saturated carbocycles. The van der Waals surface area contributed by atoms with Crippen molar-refractivity contribution in [2.45, 2.75) is 19.8 Å². The van der Waals surface area contributed by atoms with Gasteiger partial charge in [0.2, 0.25) is 5.91 Å². The summed E-state index contributed by atoms with van der Waals surface area (Å²) in [5.41, 5.74) is 2.72. The maximum Gasteiger partial charge on any atom is 0.224 e. The minimum atomic E-state index is -0.0292. The van der Waals surface area contributed by atoms with Gasteiger partial charge < -0.3 is 10.1 Å². The number of halogens is 1. The van der Waals surface area contributed by atoms with Crippen LogP contribution in [0.25, 0.3) is 11.4 Å². The quantitative estimate of drug-likeness (QED) is 0.635. The Hall–Kier alpha value is -2.67. The Bertz CT molecular complexity index is 906. The van der Waals surface area contributed by atoms with Crippen molar-refractivity contribution in [2.75, 3.05) is 12.4 Å². The summed E-state index contributed by atoms with van der Waals surface area (Å²) < 4.78 is 6.10. The standard InChI is InChI=1S/C19H19BrN4O2/c1-12-21-19(24-23-12)14-5-7-15(8-6-14)22-18(25)10-4-13-3-9-17(26-2)16(20)11-13/h3,5-9,11H,4,10H2,1-2H3,(H,22,25)(H,21,23,24). The highest BCUT2D eigenvalue weighted by atomic mass is 79.9. The van der Waals surface area contributed by atoms with Crippen molar-refractivity contribution in [3.05, 3.63) is 58.3 Å². The number of amides is 1. The summed E-state index contributed by atoms with van der Waals surface area (Å²) in [6, 6.07) is 13.3. The molecule has 134 valence electrons. The third-order valence-corrected chi connectivity index (χ3v) is 4.50. The van der Waals surface area contributed by atoms with Crippen molar-refractivity contribution in [3.63, 3.8) is 0 Å². The van der Waals surface area contributed by atoms with Gasteiger partial charge in [-0.25, -0.2) is 4.98 Å². The molecule has 1 amide bonds. The number of aromatic amines is 1. The average Bonchev–Trinajstić information content (AvgIpc) is 3.07. The third kappa shape index (κ3) is 4.49. The molecule has 0 aliphatic heterocycles. The zero-order valence-corrected chi connectivity index (χ0v) is 16.1. The van der Waals surface area contributed by atoms with Crippen LogP contribution in [0.3, 0.4) is 0 Å². The van der Waals surface area contributed by atoms with Crippen molar-refractivity contribution in [1.29, 1.82) is 0 Å². The summed E-state index contributed by atoms with van der Waals surface area (Å²) in [6.45, 7) is 1.85. The number of nitrogens with one attached hydrogen (secondary N) is 2. The first-order valence-electron chi connectivity index (χ1n) is 8.17. The molecule has 3 aromatic rings. The lowest BCUT2D eigenvalue weighted by Crippen LogP contribution is -2.12. The van der Waals surface area contributed by atoms with Crippen molar-refractivity contribution in [2.24, 2.45) is 0 Å². The first kappa shape index (κ1) is 18.1. The lowest BCUT2D eigenvalue weighted by atomic mass is 10.1. The van der Waals surface area contributed by atoms with Crippen LogP contribution in [0.15, 0.2) is 46.9 Å². The second kappa shape index (κ2) is 8.14. The molecule has 1 aromatic heterocycles. The van der Waals surface area contributed by atoms with E-state index in [-0.39, 0.29) is 5.91 Å². The Balaban J connectivity index is 1.55. The van der Waals surface area contributed by atoms with E-state index in [0.717, 1.165) is 32.9 Å². The second-order valence-electron chi connectivity index (χ2n) is 5.84. The molecule has 0 spiro atoms. The Morgan fingerprint density at radius 3 is 2.62 bits per heavy atom. The average molecular weight is 415 g/mol. The Morgan fingerprint density at radius 1 is 1.23 bits per heavy atom. The number of aromatic nitrogens is 3. The molecule has 2 N–H and O–H groups in total. The Labute approximate surface area is 160 Å². The van der Waals surface area contributed by atoms with Crippen LogP contribution in [-0.4, -0.2) is 28.2 Å². The van der Waals surface area contributed by atoms with E-state index in [1.54, 1.807) is 7.11 Å². The SMILES string of the molecule is COc1ccc(CCC(=O)Nc2ccc(-c3n[nH]c(C)n3)cc2)cc1Br. The summed E-state index contributed by atoms with van der Waals surface area (Å²) in [4.78, 5) is 16.5. The summed E-state index contributed by atoms with van der Waals surface area (Å²) in [7, 11) is 1.63. The van der Waals surface area contributed by atoms with E-state index in [9.17, 15) is 4.79 Å². The van der Waals surface area contributed by atoms with Crippen molar-refractivity contribution >= 4 is 27.5 Å². The molecule has 0 aliphatic carbocycles. The maximum atomic E-state index is 12.2. The number of carbonyl (C=O) groups is 1. The molecule has 1 heterocycles. The van der Waals surface area contributed by atoms with Gasteiger partial charge in [-0.3, -0.25) is 9.89 Å². The van der Waals surface area contributed by atoms with Gasteiger partial charge in [0, 0.05) is 17.7 Å².